The average molecular weight is 524 g/mol. The molecule has 1 aromatic heterocycles. The van der Waals surface area contributed by atoms with E-state index < -0.39 is 5.60 Å². The molecule has 1 heterocycles. The number of fused-ring (bicyclic) bond motifs is 6. The molecule has 6 rings (SSSR count). The molecule has 4 aliphatic rings. The molecule has 2 aromatic rings. The normalized spacial score (nSPS) is 40.3. The molecule has 4 saturated carbocycles. The fourth-order valence-corrected chi connectivity index (χ4v) is 10.1. The Morgan fingerprint density at radius 1 is 1.05 bits per heavy atom. The number of aromatic nitrogens is 3. The number of nitrogens with zero attached hydrogens (tertiary/aromatic N) is 3. The Kier molecular flexibility index (Phi) is 6.32. The van der Waals surface area contributed by atoms with Crippen molar-refractivity contribution in [3.8, 4) is 11.5 Å². The van der Waals surface area contributed by atoms with Crippen molar-refractivity contribution >= 4 is 16.8 Å². The summed E-state index contributed by atoms with van der Waals surface area (Å²) >= 11 is 0. The fourth-order valence-electron chi connectivity index (χ4n) is 10.1. The summed E-state index contributed by atoms with van der Waals surface area (Å²) in [5.41, 5.74) is 1.38. The highest BCUT2D eigenvalue weighted by atomic mass is 16.5. The summed E-state index contributed by atoms with van der Waals surface area (Å²) in [4.78, 5) is 13.9. The Balaban J connectivity index is 1.23. The van der Waals surface area contributed by atoms with Crippen molar-refractivity contribution in [3.63, 3.8) is 0 Å². The number of ether oxygens (including phenoxy) is 2. The van der Waals surface area contributed by atoms with E-state index in [1.54, 1.807) is 25.0 Å². The van der Waals surface area contributed by atoms with E-state index in [0.717, 1.165) is 43.5 Å². The zero-order valence-electron chi connectivity index (χ0n) is 23.8. The second-order valence-corrected chi connectivity index (χ2v) is 13.5. The Morgan fingerprint density at radius 3 is 2.61 bits per heavy atom. The van der Waals surface area contributed by atoms with Gasteiger partial charge in [0.1, 0.15) is 12.3 Å². The summed E-state index contributed by atoms with van der Waals surface area (Å²) in [5.74, 6) is 4.36. The van der Waals surface area contributed by atoms with Gasteiger partial charge in [-0.1, -0.05) is 19.1 Å². The second-order valence-electron chi connectivity index (χ2n) is 13.5. The predicted octanol–water partition coefficient (Wildman–Crippen LogP) is 5.82. The predicted molar refractivity (Wildman–Crippen MR) is 146 cm³/mol. The van der Waals surface area contributed by atoms with Crippen molar-refractivity contribution in [2.24, 2.45) is 40.4 Å². The van der Waals surface area contributed by atoms with E-state index in [-0.39, 0.29) is 23.7 Å². The third-order valence-electron chi connectivity index (χ3n) is 12.0. The lowest BCUT2D eigenvalue weighted by Crippen LogP contribution is -2.56. The molecule has 0 spiro atoms. The minimum Gasteiger partial charge on any atom is -0.497 e. The first-order chi connectivity index (χ1) is 18.2. The van der Waals surface area contributed by atoms with Crippen molar-refractivity contribution < 1.29 is 19.4 Å². The lowest BCUT2D eigenvalue weighted by atomic mass is 9.42. The van der Waals surface area contributed by atoms with Crippen LogP contribution < -0.4 is 9.47 Å². The van der Waals surface area contributed by atoms with Crippen LogP contribution in [0.25, 0.3) is 11.0 Å². The van der Waals surface area contributed by atoms with Gasteiger partial charge in [-0.25, -0.2) is 4.68 Å². The number of benzene rings is 1. The van der Waals surface area contributed by atoms with Gasteiger partial charge in [0.2, 0.25) is 0 Å². The van der Waals surface area contributed by atoms with E-state index in [4.69, 9.17) is 9.47 Å². The van der Waals surface area contributed by atoms with Gasteiger partial charge < -0.3 is 14.6 Å². The van der Waals surface area contributed by atoms with Gasteiger partial charge in [-0.2, -0.15) is 0 Å². The number of carbonyl (C=O) groups is 1. The van der Waals surface area contributed by atoms with Crippen molar-refractivity contribution in [2.45, 2.75) is 97.1 Å². The molecule has 4 fully saturated rings. The highest BCUT2D eigenvalue weighted by Gasteiger charge is 2.62. The number of aliphatic hydroxyl groups is 1. The first-order valence-electron chi connectivity index (χ1n) is 14.9. The van der Waals surface area contributed by atoms with Crippen LogP contribution in [0.4, 0.5) is 0 Å². The number of hydrogen-bond acceptors (Lipinski definition) is 6. The minimum atomic E-state index is -0.496. The number of rotatable bonds is 6. The van der Waals surface area contributed by atoms with Crippen LogP contribution in [0.2, 0.25) is 0 Å². The highest BCUT2D eigenvalue weighted by Crippen LogP contribution is 2.69. The summed E-state index contributed by atoms with van der Waals surface area (Å²) < 4.78 is 12.7. The van der Waals surface area contributed by atoms with Crippen LogP contribution in [0.5, 0.6) is 11.5 Å². The van der Waals surface area contributed by atoms with E-state index in [0.29, 0.717) is 40.2 Å². The highest BCUT2D eigenvalue weighted by molar-refractivity contribution is 5.86. The third-order valence-corrected chi connectivity index (χ3v) is 12.0. The van der Waals surface area contributed by atoms with Crippen molar-refractivity contribution in [1.82, 2.24) is 15.0 Å². The van der Waals surface area contributed by atoms with Crippen molar-refractivity contribution in [3.05, 3.63) is 12.1 Å². The van der Waals surface area contributed by atoms with Crippen LogP contribution in [0, 0.1) is 40.4 Å². The van der Waals surface area contributed by atoms with Gasteiger partial charge in [-0.05, 0) is 106 Å². The molecule has 0 amide bonds. The number of hydrogen-bond donors (Lipinski definition) is 1. The van der Waals surface area contributed by atoms with Crippen molar-refractivity contribution in [2.75, 3.05) is 14.2 Å². The van der Waals surface area contributed by atoms with Crippen LogP contribution in [0.3, 0.4) is 0 Å². The quantitative estimate of drug-likeness (QED) is 0.514. The van der Waals surface area contributed by atoms with Crippen LogP contribution in [-0.4, -0.2) is 45.7 Å². The zero-order valence-corrected chi connectivity index (χ0v) is 23.8. The van der Waals surface area contributed by atoms with Gasteiger partial charge in [0, 0.05) is 18.1 Å². The topological polar surface area (TPSA) is 86.5 Å². The lowest BCUT2D eigenvalue weighted by molar-refractivity contribution is -0.158. The third kappa shape index (κ3) is 3.82. The number of ketones is 1. The minimum absolute atomic E-state index is 0.0615. The van der Waals surface area contributed by atoms with Gasteiger partial charge >= 0.3 is 0 Å². The standard InChI is InChI=1S/C31H45N3O4/c1-6-31-14-13-29(2,36)17-19(31)7-8-21-22-9-10-24(30(22,3)12-11-23(21)31)26(35)18-34-25-15-20(37-4)16-27(38-5)28(25)32-33-34/h15-16,19,21-24,36H,6-14,17-18H2,1-5H3/t19-,21-,22-,23-,24+,29+,30-,31-/m0/s1. The Bertz CT molecular complexity index is 1220. The molecule has 0 saturated heterocycles. The number of methoxy groups -OCH3 is 2. The molecule has 208 valence electrons. The number of Topliss-reactive ketones (excluding diaryl/α,β-unsaturated/α-hetero) is 1. The van der Waals surface area contributed by atoms with E-state index >= 15 is 0 Å². The van der Waals surface area contributed by atoms with E-state index in [9.17, 15) is 9.90 Å². The smallest absolute Gasteiger partial charge is 0.157 e. The van der Waals surface area contributed by atoms with E-state index in [1.165, 1.54) is 32.1 Å². The van der Waals surface area contributed by atoms with Gasteiger partial charge in [0.15, 0.2) is 17.0 Å². The Labute approximate surface area is 226 Å². The molecule has 8 atom stereocenters. The summed E-state index contributed by atoms with van der Waals surface area (Å²) in [6.07, 6.45) is 11.3. The zero-order chi connectivity index (χ0) is 26.9. The largest absolute Gasteiger partial charge is 0.497 e. The van der Waals surface area contributed by atoms with Gasteiger partial charge in [0.25, 0.3) is 0 Å². The maximum atomic E-state index is 13.9. The second kappa shape index (κ2) is 9.21. The molecule has 7 nitrogen and oxygen atoms in total. The molecular weight excluding hydrogens is 478 g/mol. The molecule has 0 radical (unpaired) electrons. The molecule has 1 N–H and O–H groups in total. The average Bonchev–Trinajstić information content (AvgIpc) is 3.47. The maximum absolute atomic E-state index is 13.9. The molecule has 4 aliphatic carbocycles. The molecule has 1 aromatic carbocycles. The summed E-state index contributed by atoms with van der Waals surface area (Å²) in [6.45, 7) is 7.11. The van der Waals surface area contributed by atoms with Crippen LogP contribution in [0.15, 0.2) is 12.1 Å². The van der Waals surface area contributed by atoms with Crippen LogP contribution >= 0.6 is 0 Å². The number of carbonyl (C=O) groups excluding carboxylic acids is 1. The molecule has 0 unspecified atom stereocenters. The van der Waals surface area contributed by atoms with Crippen molar-refractivity contribution in [1.29, 1.82) is 0 Å². The molecule has 38 heavy (non-hydrogen) atoms. The van der Waals surface area contributed by atoms with Gasteiger partial charge in [-0.3, -0.25) is 4.79 Å². The van der Waals surface area contributed by atoms with Crippen LogP contribution in [0.1, 0.15) is 85.0 Å². The van der Waals surface area contributed by atoms with E-state index in [1.807, 2.05) is 13.0 Å². The maximum Gasteiger partial charge on any atom is 0.157 e. The lowest BCUT2D eigenvalue weighted by Gasteiger charge is -2.63. The summed E-state index contributed by atoms with van der Waals surface area (Å²) in [7, 11) is 3.24. The SMILES string of the molecule is CC[C@]12CC[C@@](C)(O)C[C@@H]1CC[C@H]1[C@@H]3CC[C@H](C(=O)Cn4nnc5c(OC)cc(OC)cc54)[C@@]3(C)CC[C@@H]12. The van der Waals surface area contributed by atoms with Crippen LogP contribution in [-0.2, 0) is 11.3 Å². The summed E-state index contributed by atoms with van der Waals surface area (Å²) in [6, 6.07) is 3.69. The monoisotopic (exact) mass is 523 g/mol. The first kappa shape index (κ1) is 26.1. The molecular formula is C31H45N3O4. The molecule has 0 aliphatic heterocycles. The summed E-state index contributed by atoms with van der Waals surface area (Å²) in [5, 5.41) is 19.5. The van der Waals surface area contributed by atoms with E-state index in [2.05, 4.69) is 24.2 Å². The van der Waals surface area contributed by atoms with Gasteiger partial charge in [0.05, 0.1) is 25.3 Å². The molecule has 7 heteroatoms. The van der Waals surface area contributed by atoms with Gasteiger partial charge in [-0.15, -0.1) is 5.10 Å². The Hall–Kier alpha value is -2.15. The molecule has 0 bridgehead atoms. The fraction of sp³-hybridized carbons (Fsp3) is 0.774. The first-order valence-corrected chi connectivity index (χ1v) is 14.9. The Morgan fingerprint density at radius 2 is 1.87 bits per heavy atom.